The molecule has 1 unspecified atom stereocenters. The third-order valence-corrected chi connectivity index (χ3v) is 6.01. The topological polar surface area (TPSA) is 140 Å². The lowest BCUT2D eigenvalue weighted by molar-refractivity contribution is -0.0382. The van der Waals surface area contributed by atoms with Crippen LogP contribution in [0.2, 0.25) is 0 Å². The number of esters is 3. The van der Waals surface area contributed by atoms with Gasteiger partial charge in [-0.3, -0.25) is 0 Å². The number of carbonyl (C=O) groups is 3. The van der Waals surface area contributed by atoms with Crippen molar-refractivity contribution in [3.8, 4) is 17.2 Å². The van der Waals surface area contributed by atoms with Crippen LogP contribution in [0.4, 0.5) is 26.3 Å². The van der Waals surface area contributed by atoms with E-state index in [9.17, 15) is 56.0 Å². The van der Waals surface area contributed by atoms with Gasteiger partial charge in [-0.1, -0.05) is 6.92 Å². The number of hydrogen-bond donors (Lipinski definition) is 3. The summed E-state index contributed by atoms with van der Waals surface area (Å²) in [5, 5.41) is 28.5. The van der Waals surface area contributed by atoms with Gasteiger partial charge in [-0.25, -0.2) is 31.9 Å². The maximum absolute atomic E-state index is 13.7. The van der Waals surface area contributed by atoms with Crippen molar-refractivity contribution in [3.05, 3.63) is 88.0 Å². The van der Waals surface area contributed by atoms with Gasteiger partial charge in [0.05, 0.1) is 22.1 Å². The van der Waals surface area contributed by atoms with Gasteiger partial charge in [-0.15, -0.1) is 0 Å². The highest BCUT2D eigenvalue weighted by molar-refractivity contribution is 5.91. The van der Waals surface area contributed by atoms with Gasteiger partial charge in [0, 0.05) is 0 Å². The molecule has 0 saturated heterocycles. The summed E-state index contributed by atoms with van der Waals surface area (Å²) in [5.41, 5.74) is -3.51. The molecule has 3 aromatic carbocycles. The highest BCUT2D eigenvalue weighted by Crippen LogP contribution is 2.30. The maximum atomic E-state index is 13.7. The number of hydrogen-bond acceptors (Lipinski definition) is 9. The molecule has 0 aromatic heterocycles. The Morgan fingerprint density at radius 3 is 1.24 bits per heavy atom. The summed E-state index contributed by atoms with van der Waals surface area (Å²) in [6, 6.07) is 2.99. The van der Waals surface area contributed by atoms with Crippen molar-refractivity contribution in [1.82, 2.24) is 0 Å². The predicted molar refractivity (Wildman–Crippen MR) is 128 cm³/mol. The molecule has 0 radical (unpaired) electrons. The number of ether oxygens (including phenoxy) is 3. The molecule has 0 aliphatic carbocycles. The first kappa shape index (κ1) is 31.6. The molecule has 0 spiro atoms. The van der Waals surface area contributed by atoms with Gasteiger partial charge in [0.25, 0.3) is 0 Å². The Morgan fingerprint density at radius 2 is 0.881 bits per heavy atom. The molecule has 9 nitrogen and oxygen atoms in total. The second-order valence-corrected chi connectivity index (χ2v) is 8.96. The maximum Gasteiger partial charge on any atom is 0.338 e. The van der Waals surface area contributed by atoms with Gasteiger partial charge >= 0.3 is 17.9 Å². The van der Waals surface area contributed by atoms with Crippen LogP contribution in [0.1, 0.15) is 44.4 Å². The Morgan fingerprint density at radius 1 is 0.571 bits per heavy atom. The van der Waals surface area contributed by atoms with Crippen LogP contribution in [0.5, 0.6) is 17.2 Å². The Hall–Kier alpha value is -4.95. The molecule has 0 heterocycles. The minimum absolute atomic E-state index is 0.115. The number of phenols is 3. The van der Waals surface area contributed by atoms with Crippen molar-refractivity contribution in [2.75, 3.05) is 19.8 Å². The second kappa shape index (κ2) is 12.7. The monoisotopic (exact) mass is 602 g/mol. The molecular weight excluding hydrogens is 582 g/mol. The molecule has 0 aliphatic heterocycles. The van der Waals surface area contributed by atoms with Crippen LogP contribution in [0, 0.1) is 40.3 Å². The minimum atomic E-state index is -1.84. The van der Waals surface area contributed by atoms with E-state index in [1.807, 2.05) is 0 Å². The summed E-state index contributed by atoms with van der Waals surface area (Å²) in [7, 11) is 0. The molecule has 0 saturated carbocycles. The van der Waals surface area contributed by atoms with Gasteiger partial charge in [0.15, 0.2) is 46.3 Å². The first-order chi connectivity index (χ1) is 19.7. The first-order valence-electron chi connectivity index (χ1n) is 11.7. The molecule has 0 bridgehead atoms. The zero-order valence-corrected chi connectivity index (χ0v) is 21.4. The number of carbonyl (C=O) groups excluding carboxylic acids is 3. The summed E-state index contributed by atoms with van der Waals surface area (Å²) < 4.78 is 96.3. The summed E-state index contributed by atoms with van der Waals surface area (Å²) >= 11 is 0. The smallest absolute Gasteiger partial charge is 0.338 e. The van der Waals surface area contributed by atoms with E-state index in [4.69, 9.17) is 14.2 Å². The molecule has 15 heteroatoms. The Labute approximate surface area is 232 Å². The van der Waals surface area contributed by atoms with E-state index in [2.05, 4.69) is 0 Å². The quantitative estimate of drug-likeness (QED) is 0.128. The first-order valence-corrected chi connectivity index (χ1v) is 11.7. The lowest BCUT2D eigenvalue weighted by atomic mass is 9.88. The summed E-state index contributed by atoms with van der Waals surface area (Å²) in [5.74, 6) is -17.1. The number of halogens is 6. The van der Waals surface area contributed by atoms with Crippen LogP contribution < -0.4 is 0 Å². The molecule has 42 heavy (non-hydrogen) atoms. The number of rotatable bonds is 10. The predicted octanol–water partition coefficient (Wildman–Crippen LogP) is 4.91. The summed E-state index contributed by atoms with van der Waals surface area (Å²) in [6.07, 6.45) is -0.115. The third-order valence-electron chi connectivity index (χ3n) is 6.01. The van der Waals surface area contributed by atoms with Gasteiger partial charge in [-0.05, 0) is 42.8 Å². The lowest BCUT2D eigenvalue weighted by Gasteiger charge is -2.31. The van der Waals surface area contributed by atoms with E-state index < -0.39 is 112 Å². The van der Waals surface area contributed by atoms with Crippen molar-refractivity contribution in [1.29, 1.82) is 0 Å². The van der Waals surface area contributed by atoms with E-state index in [0.717, 1.165) is 0 Å². The highest BCUT2D eigenvalue weighted by Gasteiger charge is 2.35. The molecule has 3 rings (SSSR count). The second-order valence-electron chi connectivity index (χ2n) is 8.96. The van der Waals surface area contributed by atoms with Crippen LogP contribution >= 0.6 is 0 Å². The van der Waals surface area contributed by atoms with E-state index >= 15 is 0 Å². The average molecular weight is 602 g/mol. The highest BCUT2D eigenvalue weighted by atomic mass is 19.2. The molecule has 224 valence electrons. The van der Waals surface area contributed by atoms with Crippen LogP contribution in [0.15, 0.2) is 36.4 Å². The van der Waals surface area contributed by atoms with E-state index in [1.54, 1.807) is 0 Å². The van der Waals surface area contributed by atoms with Crippen molar-refractivity contribution in [2.45, 2.75) is 13.3 Å². The lowest BCUT2D eigenvalue weighted by Crippen LogP contribution is -2.39. The zero-order valence-electron chi connectivity index (χ0n) is 21.4. The average Bonchev–Trinajstić information content (AvgIpc) is 2.95. The summed E-state index contributed by atoms with van der Waals surface area (Å²) in [6.45, 7) is -0.816. The standard InChI is InChI=1S/C27H20F6O9/c1-2-27(9-40-24(37)12-3-15(28)21(31)16(29)4-12,10-41-25(38)13-5-17(30)22(32)18(34)6-13)11-42-26(39)14-7-19(35)23(33)20(36)8-14/h3-8,34-36H,2,9-11H2,1H3. The fraction of sp³-hybridized carbons (Fsp3) is 0.222. The normalized spacial score (nSPS) is 12.4. The van der Waals surface area contributed by atoms with Crippen LogP contribution in [-0.4, -0.2) is 53.0 Å². The van der Waals surface area contributed by atoms with Crippen molar-refractivity contribution in [3.63, 3.8) is 0 Å². The molecule has 3 aromatic rings. The Kier molecular flexibility index (Phi) is 9.55. The van der Waals surface area contributed by atoms with Crippen molar-refractivity contribution < 1.29 is 70.3 Å². The third kappa shape index (κ3) is 7.03. The fourth-order valence-corrected chi connectivity index (χ4v) is 3.41. The zero-order chi connectivity index (χ0) is 31.4. The SMILES string of the molecule is CCC(COC(=O)c1cc(O)c(F)c(O)c1)(COC(=O)c1cc(O)c(F)c(F)c1)COC(=O)c1cc(F)c(F)c(F)c1. The van der Waals surface area contributed by atoms with Crippen molar-refractivity contribution >= 4 is 17.9 Å². The number of phenolic OH excluding ortho intramolecular Hbond substituents is 3. The van der Waals surface area contributed by atoms with Crippen molar-refractivity contribution in [2.24, 2.45) is 5.41 Å². The van der Waals surface area contributed by atoms with Crippen LogP contribution in [0.3, 0.4) is 0 Å². The van der Waals surface area contributed by atoms with E-state index in [-0.39, 0.29) is 6.42 Å². The number of aromatic hydroxyl groups is 3. The molecule has 0 aliphatic rings. The Bertz CT molecular complexity index is 1300. The molecule has 0 fully saturated rings. The van der Waals surface area contributed by atoms with Gasteiger partial charge in [0.2, 0.25) is 5.82 Å². The Balaban J connectivity index is 1.84. The molecule has 0 amide bonds. The molecular formula is C27H20F6O9. The minimum Gasteiger partial charge on any atom is -0.505 e. The van der Waals surface area contributed by atoms with Crippen LogP contribution in [0.25, 0.3) is 0 Å². The number of benzene rings is 3. The largest absolute Gasteiger partial charge is 0.505 e. The van der Waals surface area contributed by atoms with Gasteiger partial charge < -0.3 is 29.5 Å². The van der Waals surface area contributed by atoms with Gasteiger partial charge in [0.1, 0.15) is 19.8 Å². The van der Waals surface area contributed by atoms with Crippen LogP contribution in [-0.2, 0) is 14.2 Å². The van der Waals surface area contributed by atoms with Gasteiger partial charge in [-0.2, -0.15) is 8.78 Å². The molecule has 1 atom stereocenters. The van der Waals surface area contributed by atoms with E-state index in [0.29, 0.717) is 36.4 Å². The molecule has 3 N–H and O–H groups in total. The fourth-order valence-electron chi connectivity index (χ4n) is 3.41. The van der Waals surface area contributed by atoms with E-state index in [1.165, 1.54) is 6.92 Å². The summed E-state index contributed by atoms with van der Waals surface area (Å²) in [4.78, 5) is 37.5.